The van der Waals surface area contributed by atoms with Crippen LogP contribution in [-0.4, -0.2) is 48.7 Å². The quantitative estimate of drug-likeness (QED) is 0.675. The molecule has 0 spiro atoms. The van der Waals surface area contributed by atoms with Crippen molar-refractivity contribution in [1.29, 1.82) is 0 Å². The molecule has 1 aliphatic rings. The van der Waals surface area contributed by atoms with E-state index in [-0.39, 0.29) is 17.6 Å². The van der Waals surface area contributed by atoms with Crippen LogP contribution in [0.5, 0.6) is 0 Å². The lowest BCUT2D eigenvalue weighted by Gasteiger charge is -2.33. The summed E-state index contributed by atoms with van der Waals surface area (Å²) in [6.45, 7) is 9.54. The van der Waals surface area contributed by atoms with Crippen molar-refractivity contribution < 1.29 is 4.79 Å². The molecule has 1 fully saturated rings. The van der Waals surface area contributed by atoms with Gasteiger partial charge in [-0.25, -0.2) is 4.79 Å². The zero-order chi connectivity index (χ0) is 12.9. The number of hydrogen-bond acceptors (Lipinski definition) is 3. The highest BCUT2D eigenvalue weighted by Gasteiger charge is 2.22. The molecule has 17 heavy (non-hydrogen) atoms. The highest BCUT2D eigenvalue weighted by molar-refractivity contribution is 5.75. The van der Waals surface area contributed by atoms with Gasteiger partial charge in [0.2, 0.25) is 0 Å². The Morgan fingerprint density at radius 2 is 2.18 bits per heavy atom. The number of urea groups is 1. The minimum Gasteiger partial charge on any atom is -0.334 e. The number of hydrogen-bond donors (Lipinski definition) is 3. The molecule has 1 saturated heterocycles. The topological polar surface area (TPSA) is 70.4 Å². The molecule has 100 valence electrons. The van der Waals surface area contributed by atoms with Gasteiger partial charge in [-0.3, -0.25) is 0 Å². The Bertz CT molecular complexity index is 247. The minimum atomic E-state index is -0.185. The Morgan fingerprint density at radius 3 is 2.76 bits per heavy atom. The fourth-order valence-electron chi connectivity index (χ4n) is 2.12. The van der Waals surface area contributed by atoms with Gasteiger partial charge < -0.3 is 21.3 Å². The van der Waals surface area contributed by atoms with Crippen LogP contribution in [0, 0.1) is 0 Å². The third-order valence-electron chi connectivity index (χ3n) is 2.77. The van der Waals surface area contributed by atoms with Gasteiger partial charge >= 0.3 is 6.03 Å². The molecule has 0 aromatic carbocycles. The molecule has 1 heterocycles. The molecule has 4 N–H and O–H groups in total. The predicted molar refractivity (Wildman–Crippen MR) is 69.9 cm³/mol. The maximum atomic E-state index is 11.7. The van der Waals surface area contributed by atoms with Crippen LogP contribution in [0.4, 0.5) is 4.79 Å². The second-order valence-electron chi connectivity index (χ2n) is 5.78. The smallest absolute Gasteiger partial charge is 0.315 e. The van der Waals surface area contributed by atoms with E-state index in [9.17, 15) is 4.79 Å². The maximum absolute atomic E-state index is 11.7. The van der Waals surface area contributed by atoms with Crippen LogP contribution < -0.4 is 16.4 Å². The summed E-state index contributed by atoms with van der Waals surface area (Å²) in [5.74, 6) is 0. The summed E-state index contributed by atoms with van der Waals surface area (Å²) in [5.41, 5.74) is 5.36. The molecule has 0 aromatic heterocycles. The van der Waals surface area contributed by atoms with E-state index in [1.807, 2.05) is 20.8 Å². The van der Waals surface area contributed by atoms with Crippen molar-refractivity contribution in [1.82, 2.24) is 15.5 Å². The predicted octanol–water partition coefficient (Wildman–Crippen LogP) is 0.507. The summed E-state index contributed by atoms with van der Waals surface area (Å²) in [6.07, 6.45) is 2.18. The number of likely N-dealkylation sites (tertiary alicyclic amines) is 1. The van der Waals surface area contributed by atoms with E-state index in [4.69, 9.17) is 5.73 Å². The highest BCUT2D eigenvalue weighted by atomic mass is 16.2. The van der Waals surface area contributed by atoms with Gasteiger partial charge in [0.15, 0.2) is 0 Å². The molecule has 2 amide bonds. The lowest BCUT2D eigenvalue weighted by atomic mass is 10.1. The fourth-order valence-corrected chi connectivity index (χ4v) is 2.12. The van der Waals surface area contributed by atoms with Gasteiger partial charge in [0.05, 0.1) is 0 Å². The van der Waals surface area contributed by atoms with E-state index in [0.717, 1.165) is 32.5 Å². The number of piperidine rings is 1. The Balaban J connectivity index is 2.33. The summed E-state index contributed by atoms with van der Waals surface area (Å²) in [5, 5.41) is 5.95. The largest absolute Gasteiger partial charge is 0.334 e. The number of carbonyl (C=O) groups excluding carboxylic acids is 1. The summed E-state index contributed by atoms with van der Waals surface area (Å²) < 4.78 is 0. The van der Waals surface area contributed by atoms with E-state index in [1.165, 1.54) is 0 Å². The van der Waals surface area contributed by atoms with E-state index in [2.05, 4.69) is 15.5 Å². The minimum absolute atomic E-state index is 0.0721. The molecule has 5 nitrogen and oxygen atoms in total. The average Bonchev–Trinajstić information content (AvgIpc) is 2.15. The van der Waals surface area contributed by atoms with Gasteiger partial charge in [0.1, 0.15) is 0 Å². The maximum Gasteiger partial charge on any atom is 0.315 e. The van der Waals surface area contributed by atoms with Crippen molar-refractivity contribution in [3.05, 3.63) is 0 Å². The van der Waals surface area contributed by atoms with Crippen LogP contribution in [0.2, 0.25) is 0 Å². The molecule has 0 saturated carbocycles. The normalized spacial score (nSPS) is 22.2. The van der Waals surface area contributed by atoms with Crippen molar-refractivity contribution in [3.63, 3.8) is 0 Å². The zero-order valence-corrected chi connectivity index (χ0v) is 11.3. The molecule has 1 aliphatic heterocycles. The molecule has 0 radical (unpaired) electrons. The van der Waals surface area contributed by atoms with Crippen LogP contribution in [0.25, 0.3) is 0 Å². The number of nitrogens with zero attached hydrogens (tertiary/aromatic N) is 1. The first-order chi connectivity index (χ1) is 7.90. The molecule has 0 aromatic rings. The average molecular weight is 242 g/mol. The van der Waals surface area contributed by atoms with Gasteiger partial charge in [-0.15, -0.1) is 0 Å². The van der Waals surface area contributed by atoms with Crippen LogP contribution in [0.1, 0.15) is 33.6 Å². The number of nitrogens with two attached hydrogens (primary N) is 1. The van der Waals surface area contributed by atoms with Crippen LogP contribution in [0.15, 0.2) is 0 Å². The van der Waals surface area contributed by atoms with Crippen molar-refractivity contribution >= 4 is 6.03 Å². The fraction of sp³-hybridized carbons (Fsp3) is 0.917. The summed E-state index contributed by atoms with van der Waals surface area (Å²) >= 11 is 0. The third kappa shape index (κ3) is 5.89. The van der Waals surface area contributed by atoms with Crippen molar-refractivity contribution in [3.8, 4) is 0 Å². The second-order valence-corrected chi connectivity index (χ2v) is 5.78. The van der Waals surface area contributed by atoms with E-state index < -0.39 is 0 Å². The van der Waals surface area contributed by atoms with Crippen LogP contribution in [0.3, 0.4) is 0 Å². The Kier molecular flexibility index (Phi) is 5.21. The second kappa shape index (κ2) is 6.21. The SMILES string of the molecule is CC(C)(C)NC(=O)N[C@H]1CCCN(CCN)C1. The van der Waals surface area contributed by atoms with E-state index in [0.29, 0.717) is 6.54 Å². The molecular weight excluding hydrogens is 216 g/mol. The van der Waals surface area contributed by atoms with Gasteiger partial charge in [-0.2, -0.15) is 0 Å². The summed E-state index contributed by atoms with van der Waals surface area (Å²) in [7, 11) is 0. The lowest BCUT2D eigenvalue weighted by Crippen LogP contribution is -2.54. The summed E-state index contributed by atoms with van der Waals surface area (Å²) in [4.78, 5) is 14.0. The van der Waals surface area contributed by atoms with Gasteiger partial charge in [-0.1, -0.05) is 0 Å². The van der Waals surface area contributed by atoms with E-state index >= 15 is 0 Å². The zero-order valence-electron chi connectivity index (χ0n) is 11.3. The molecule has 1 atom stereocenters. The number of nitrogens with one attached hydrogen (secondary N) is 2. The van der Waals surface area contributed by atoms with Crippen molar-refractivity contribution in [2.75, 3.05) is 26.2 Å². The number of rotatable bonds is 3. The van der Waals surface area contributed by atoms with Crippen LogP contribution >= 0.6 is 0 Å². The van der Waals surface area contributed by atoms with Crippen molar-refractivity contribution in [2.45, 2.75) is 45.2 Å². The first-order valence-corrected chi connectivity index (χ1v) is 6.42. The van der Waals surface area contributed by atoms with Crippen LogP contribution in [-0.2, 0) is 0 Å². The van der Waals surface area contributed by atoms with Gasteiger partial charge in [-0.05, 0) is 40.2 Å². The van der Waals surface area contributed by atoms with Gasteiger partial charge in [0.25, 0.3) is 0 Å². The Labute approximate surface area is 104 Å². The standard InChI is InChI=1S/C12H26N4O/c1-12(2,3)15-11(17)14-10-5-4-7-16(9-10)8-6-13/h10H,4-9,13H2,1-3H3,(H2,14,15,17)/t10-/m0/s1. The monoisotopic (exact) mass is 242 g/mol. The third-order valence-corrected chi connectivity index (χ3v) is 2.77. The first kappa shape index (κ1) is 14.3. The highest BCUT2D eigenvalue weighted by Crippen LogP contribution is 2.09. The number of amides is 2. The molecular formula is C12H26N4O. The molecule has 1 rings (SSSR count). The lowest BCUT2D eigenvalue weighted by molar-refractivity contribution is 0.186. The van der Waals surface area contributed by atoms with E-state index in [1.54, 1.807) is 0 Å². The first-order valence-electron chi connectivity index (χ1n) is 6.42. The summed E-state index contributed by atoms with van der Waals surface area (Å²) in [6, 6.07) is 0.176. The molecule has 0 aliphatic carbocycles. The Morgan fingerprint density at radius 1 is 1.47 bits per heavy atom. The Hall–Kier alpha value is -0.810. The molecule has 0 unspecified atom stereocenters. The van der Waals surface area contributed by atoms with Gasteiger partial charge in [0, 0.05) is 31.2 Å². The van der Waals surface area contributed by atoms with Crippen molar-refractivity contribution in [2.24, 2.45) is 5.73 Å². The molecule has 0 bridgehead atoms. The number of carbonyl (C=O) groups is 1. The molecule has 5 heteroatoms.